The Bertz CT molecular complexity index is 1020. The standard InChI is InChI=1S/C25H32ClN3O4/c1-25(15-33-14-22(25)30)29-6-4-16(5-7-29)20-9-18-11-23(27-12-19(18)10-21(20)26)28-24(31)17-3-2-8-32-13-17/h9-12,16-17,22,30H,2-8,13-15H2,1H3,(H,27,28,31). The molecule has 7 nitrogen and oxygen atoms in total. The minimum absolute atomic E-state index is 0.0327. The highest BCUT2D eigenvalue weighted by Gasteiger charge is 2.45. The maximum Gasteiger partial charge on any atom is 0.230 e. The van der Waals surface area contributed by atoms with Crippen LogP contribution in [0.25, 0.3) is 10.8 Å². The van der Waals surface area contributed by atoms with Crippen molar-refractivity contribution in [1.82, 2.24) is 9.88 Å². The smallest absolute Gasteiger partial charge is 0.230 e. The highest BCUT2D eigenvalue weighted by Crippen LogP contribution is 2.38. The van der Waals surface area contributed by atoms with E-state index in [0.717, 1.165) is 66.7 Å². The molecule has 2 N–H and O–H groups in total. The topological polar surface area (TPSA) is 83.9 Å². The van der Waals surface area contributed by atoms with Crippen LogP contribution < -0.4 is 5.32 Å². The van der Waals surface area contributed by atoms with Gasteiger partial charge in [-0.3, -0.25) is 9.69 Å². The van der Waals surface area contributed by atoms with E-state index in [2.05, 4.69) is 28.2 Å². The number of fused-ring (bicyclic) bond motifs is 1. The van der Waals surface area contributed by atoms with Crippen molar-refractivity contribution in [3.05, 3.63) is 35.0 Å². The van der Waals surface area contributed by atoms with Gasteiger partial charge in [0.05, 0.1) is 37.4 Å². The summed E-state index contributed by atoms with van der Waals surface area (Å²) in [6.07, 6.45) is 5.03. The lowest BCUT2D eigenvalue weighted by atomic mass is 9.85. The molecule has 3 unspecified atom stereocenters. The van der Waals surface area contributed by atoms with E-state index < -0.39 is 6.10 Å². The largest absolute Gasteiger partial charge is 0.389 e. The number of ether oxygens (including phenoxy) is 2. The highest BCUT2D eigenvalue weighted by molar-refractivity contribution is 6.32. The van der Waals surface area contributed by atoms with E-state index in [1.54, 1.807) is 6.20 Å². The summed E-state index contributed by atoms with van der Waals surface area (Å²) >= 11 is 6.69. The summed E-state index contributed by atoms with van der Waals surface area (Å²) in [7, 11) is 0. The molecule has 1 aromatic carbocycles. The summed E-state index contributed by atoms with van der Waals surface area (Å²) in [4.78, 5) is 19.4. The Morgan fingerprint density at radius 2 is 2.00 bits per heavy atom. The third-order valence-electron chi connectivity index (χ3n) is 7.66. The molecule has 4 heterocycles. The number of benzene rings is 1. The lowest BCUT2D eigenvalue weighted by molar-refractivity contribution is -0.123. The monoisotopic (exact) mass is 473 g/mol. The van der Waals surface area contributed by atoms with Crippen LogP contribution in [0.4, 0.5) is 5.82 Å². The van der Waals surface area contributed by atoms with Crippen LogP contribution in [0.2, 0.25) is 5.02 Å². The maximum absolute atomic E-state index is 12.6. The Labute approximate surface area is 199 Å². The van der Waals surface area contributed by atoms with Crippen LogP contribution in [0.3, 0.4) is 0 Å². The minimum atomic E-state index is -0.445. The van der Waals surface area contributed by atoms with Crippen LogP contribution in [0.5, 0.6) is 0 Å². The molecule has 5 rings (SSSR count). The molecule has 33 heavy (non-hydrogen) atoms. The molecule has 2 aromatic rings. The fraction of sp³-hybridized carbons (Fsp3) is 0.600. The molecule has 0 saturated carbocycles. The number of carbonyl (C=O) groups excluding carboxylic acids is 1. The Balaban J connectivity index is 1.30. The third-order valence-corrected chi connectivity index (χ3v) is 7.99. The van der Waals surface area contributed by atoms with Crippen LogP contribution in [0.15, 0.2) is 24.4 Å². The summed E-state index contributed by atoms with van der Waals surface area (Å²) in [6, 6.07) is 6.05. The quantitative estimate of drug-likeness (QED) is 0.706. The molecule has 1 aromatic heterocycles. The number of amides is 1. The number of halogens is 1. The van der Waals surface area contributed by atoms with Gasteiger partial charge in [-0.05, 0) is 80.8 Å². The molecule has 0 radical (unpaired) electrons. The van der Waals surface area contributed by atoms with Crippen molar-refractivity contribution >= 4 is 34.1 Å². The third kappa shape index (κ3) is 4.62. The summed E-state index contributed by atoms with van der Waals surface area (Å²) < 4.78 is 11.0. The van der Waals surface area contributed by atoms with Gasteiger partial charge in [0.25, 0.3) is 0 Å². The second-order valence-electron chi connectivity index (χ2n) is 9.84. The van der Waals surface area contributed by atoms with Gasteiger partial charge in [-0.15, -0.1) is 0 Å². The van der Waals surface area contributed by atoms with Gasteiger partial charge in [-0.25, -0.2) is 4.98 Å². The number of nitrogens with one attached hydrogen (secondary N) is 1. The van der Waals surface area contributed by atoms with E-state index in [1.165, 1.54) is 0 Å². The molecular weight excluding hydrogens is 442 g/mol. The Morgan fingerprint density at radius 3 is 2.70 bits per heavy atom. The first-order valence-corrected chi connectivity index (χ1v) is 12.3. The Kier molecular flexibility index (Phi) is 6.60. The second-order valence-corrected chi connectivity index (χ2v) is 10.3. The first-order valence-electron chi connectivity index (χ1n) is 11.9. The van der Waals surface area contributed by atoms with Crippen molar-refractivity contribution in [3.8, 4) is 0 Å². The average Bonchev–Trinajstić information content (AvgIpc) is 3.18. The molecule has 3 fully saturated rings. The van der Waals surface area contributed by atoms with E-state index in [4.69, 9.17) is 21.1 Å². The Morgan fingerprint density at radius 1 is 1.18 bits per heavy atom. The molecule has 3 aliphatic heterocycles. The minimum Gasteiger partial charge on any atom is -0.389 e. The van der Waals surface area contributed by atoms with Gasteiger partial charge in [-0.2, -0.15) is 0 Å². The van der Waals surface area contributed by atoms with Crippen molar-refractivity contribution < 1.29 is 19.4 Å². The lowest BCUT2D eigenvalue weighted by Gasteiger charge is -2.43. The zero-order valence-electron chi connectivity index (χ0n) is 19.1. The number of anilines is 1. The molecule has 0 spiro atoms. The lowest BCUT2D eigenvalue weighted by Crippen LogP contribution is -2.56. The van der Waals surface area contributed by atoms with Gasteiger partial charge in [0.15, 0.2) is 0 Å². The number of aromatic nitrogens is 1. The number of pyridine rings is 1. The number of nitrogens with zero attached hydrogens (tertiary/aromatic N) is 2. The van der Waals surface area contributed by atoms with Crippen LogP contribution in [0, 0.1) is 5.92 Å². The van der Waals surface area contributed by atoms with Gasteiger partial charge in [0.1, 0.15) is 5.82 Å². The van der Waals surface area contributed by atoms with Crippen molar-refractivity contribution in [2.75, 3.05) is 44.8 Å². The summed E-state index contributed by atoms with van der Waals surface area (Å²) in [5.41, 5.74) is 0.835. The number of carbonyl (C=O) groups is 1. The van der Waals surface area contributed by atoms with Gasteiger partial charge in [0, 0.05) is 23.2 Å². The molecule has 8 heteroatoms. The van der Waals surface area contributed by atoms with Crippen LogP contribution >= 0.6 is 11.6 Å². The number of piperidine rings is 1. The fourth-order valence-corrected chi connectivity index (χ4v) is 5.72. The number of hydrogen-bond donors (Lipinski definition) is 2. The number of likely N-dealkylation sites (tertiary alicyclic amines) is 1. The van der Waals surface area contributed by atoms with E-state index in [0.29, 0.717) is 31.6 Å². The molecule has 3 aliphatic rings. The molecule has 0 bridgehead atoms. The fourth-order valence-electron chi connectivity index (χ4n) is 5.40. The summed E-state index contributed by atoms with van der Waals surface area (Å²) in [6.45, 7) is 6.08. The van der Waals surface area contributed by atoms with E-state index in [9.17, 15) is 9.90 Å². The van der Waals surface area contributed by atoms with Crippen LogP contribution in [-0.4, -0.2) is 72.1 Å². The normalized spacial score (nSPS) is 29.4. The van der Waals surface area contributed by atoms with E-state index >= 15 is 0 Å². The van der Waals surface area contributed by atoms with Gasteiger partial charge in [0.2, 0.25) is 5.91 Å². The van der Waals surface area contributed by atoms with Crippen LogP contribution in [-0.2, 0) is 14.3 Å². The van der Waals surface area contributed by atoms with E-state index in [1.807, 2.05) is 12.1 Å². The van der Waals surface area contributed by atoms with E-state index in [-0.39, 0.29) is 17.4 Å². The molecule has 3 saturated heterocycles. The second kappa shape index (κ2) is 9.47. The predicted octanol–water partition coefficient (Wildman–Crippen LogP) is 3.58. The first-order chi connectivity index (χ1) is 15.9. The number of hydrogen-bond acceptors (Lipinski definition) is 6. The molecule has 3 atom stereocenters. The molecule has 1 amide bonds. The van der Waals surface area contributed by atoms with Gasteiger partial charge >= 0.3 is 0 Å². The van der Waals surface area contributed by atoms with Crippen LogP contribution in [0.1, 0.15) is 44.1 Å². The first kappa shape index (κ1) is 23.0. The highest BCUT2D eigenvalue weighted by atomic mass is 35.5. The molecule has 0 aliphatic carbocycles. The molecular formula is C25H32ClN3O4. The summed E-state index contributed by atoms with van der Waals surface area (Å²) in [5, 5.41) is 16.1. The SMILES string of the molecule is CC1(N2CCC(c3cc4cc(NC(=O)C5CCCOC5)ncc4cc3Cl)CC2)COCC1O. The predicted molar refractivity (Wildman–Crippen MR) is 128 cm³/mol. The summed E-state index contributed by atoms with van der Waals surface area (Å²) in [5.74, 6) is 0.763. The number of rotatable bonds is 4. The maximum atomic E-state index is 12.6. The van der Waals surface area contributed by atoms with Crippen molar-refractivity contribution in [3.63, 3.8) is 0 Å². The average molecular weight is 474 g/mol. The molecule has 178 valence electrons. The van der Waals surface area contributed by atoms with Crippen molar-refractivity contribution in [2.24, 2.45) is 5.92 Å². The van der Waals surface area contributed by atoms with Crippen molar-refractivity contribution in [1.29, 1.82) is 0 Å². The Hall–Kier alpha value is -1.77. The number of aliphatic hydroxyl groups is 1. The number of aliphatic hydroxyl groups excluding tert-OH is 1. The zero-order valence-corrected chi connectivity index (χ0v) is 19.8. The zero-order chi connectivity index (χ0) is 23.0. The van der Waals surface area contributed by atoms with Gasteiger partial charge < -0.3 is 19.9 Å². The van der Waals surface area contributed by atoms with Gasteiger partial charge in [-0.1, -0.05) is 11.6 Å². The van der Waals surface area contributed by atoms with Crippen molar-refractivity contribution in [2.45, 2.75) is 50.2 Å².